The molecule has 0 spiro atoms. The summed E-state index contributed by atoms with van der Waals surface area (Å²) in [6, 6.07) is 9.53. The van der Waals surface area contributed by atoms with E-state index in [9.17, 15) is 14.9 Å². The number of hydrogen-bond acceptors (Lipinski definition) is 6. The summed E-state index contributed by atoms with van der Waals surface area (Å²) in [5, 5.41) is 16.4. The summed E-state index contributed by atoms with van der Waals surface area (Å²) in [6.45, 7) is 1.32. The monoisotopic (exact) mass is 312 g/mol. The summed E-state index contributed by atoms with van der Waals surface area (Å²) in [5.41, 5.74) is 0.710. The molecule has 0 radical (unpaired) electrons. The Labute approximate surface area is 131 Å². The van der Waals surface area contributed by atoms with Crippen molar-refractivity contribution in [3.05, 3.63) is 70.0 Å². The molecule has 1 aromatic carbocycles. The van der Waals surface area contributed by atoms with Crippen LogP contribution in [0.4, 0.5) is 5.69 Å². The second kappa shape index (κ2) is 5.84. The Morgan fingerprint density at radius 3 is 2.74 bits per heavy atom. The summed E-state index contributed by atoms with van der Waals surface area (Å²) in [7, 11) is 0. The molecule has 3 rings (SSSR count). The van der Waals surface area contributed by atoms with Crippen molar-refractivity contribution in [3.63, 3.8) is 0 Å². The van der Waals surface area contributed by atoms with Crippen molar-refractivity contribution in [1.82, 2.24) is 9.99 Å². The van der Waals surface area contributed by atoms with E-state index >= 15 is 0 Å². The number of nitrogens with zero attached hydrogens (tertiary/aromatic N) is 4. The van der Waals surface area contributed by atoms with Gasteiger partial charge in [0.05, 0.1) is 16.1 Å². The van der Waals surface area contributed by atoms with Crippen LogP contribution in [0.3, 0.4) is 0 Å². The third kappa shape index (κ3) is 2.73. The number of hydrazone groups is 1. The number of nitro groups is 1. The summed E-state index contributed by atoms with van der Waals surface area (Å²) in [4.78, 5) is 26.5. The van der Waals surface area contributed by atoms with Crippen LogP contribution < -0.4 is 0 Å². The van der Waals surface area contributed by atoms with Crippen molar-refractivity contribution in [2.45, 2.75) is 13.2 Å². The molecule has 2 heterocycles. The first kappa shape index (κ1) is 14.6. The molecule has 1 aromatic heterocycles. The largest absolute Gasteiger partial charge is 0.445 e. The van der Waals surface area contributed by atoms with E-state index in [1.165, 1.54) is 13.0 Å². The molecule has 0 aliphatic carbocycles. The maximum atomic E-state index is 11.8. The lowest BCUT2D eigenvalue weighted by Crippen LogP contribution is -2.25. The summed E-state index contributed by atoms with van der Waals surface area (Å²) >= 11 is 0. The van der Waals surface area contributed by atoms with Crippen molar-refractivity contribution < 1.29 is 14.5 Å². The van der Waals surface area contributed by atoms with E-state index in [1.807, 2.05) is 0 Å². The first-order valence-corrected chi connectivity index (χ1v) is 6.76. The van der Waals surface area contributed by atoms with Gasteiger partial charge >= 0.3 is 0 Å². The zero-order chi connectivity index (χ0) is 16.4. The molecule has 0 N–H and O–H groups in total. The number of hydrogen-bond donors (Lipinski definition) is 0. The molecule has 1 aliphatic heterocycles. The molecule has 1 atom stereocenters. The van der Waals surface area contributed by atoms with Crippen molar-refractivity contribution in [2.75, 3.05) is 0 Å². The predicted molar refractivity (Wildman–Crippen MR) is 80.2 cm³/mol. The van der Waals surface area contributed by atoms with E-state index < -0.39 is 11.2 Å². The van der Waals surface area contributed by atoms with Crippen LogP contribution in [0.2, 0.25) is 0 Å². The Morgan fingerprint density at radius 2 is 2.09 bits per heavy atom. The highest BCUT2D eigenvalue weighted by molar-refractivity contribution is 5.96. The minimum atomic E-state index is -0.982. The number of ether oxygens (including phenoxy) is 1. The maximum Gasteiger partial charge on any atom is 0.278 e. The molecular weight excluding hydrogens is 300 g/mol. The average Bonchev–Trinajstić information content (AvgIpc) is 3.01. The minimum absolute atomic E-state index is 0.133. The average molecular weight is 312 g/mol. The van der Waals surface area contributed by atoms with Crippen molar-refractivity contribution in [1.29, 1.82) is 0 Å². The van der Waals surface area contributed by atoms with Crippen LogP contribution in [0.1, 0.15) is 24.3 Å². The second-order valence-corrected chi connectivity index (χ2v) is 4.80. The van der Waals surface area contributed by atoms with Gasteiger partial charge in [0.2, 0.25) is 18.0 Å². The maximum absolute atomic E-state index is 11.8. The van der Waals surface area contributed by atoms with Gasteiger partial charge in [0, 0.05) is 25.4 Å². The fraction of sp³-hybridized carbons (Fsp3) is 0.133. The van der Waals surface area contributed by atoms with Crippen LogP contribution in [0.5, 0.6) is 0 Å². The van der Waals surface area contributed by atoms with Crippen molar-refractivity contribution >= 4 is 17.5 Å². The molecule has 1 unspecified atom stereocenters. The van der Waals surface area contributed by atoms with Gasteiger partial charge in [0.1, 0.15) is 0 Å². The summed E-state index contributed by atoms with van der Waals surface area (Å²) in [6.07, 6.45) is 2.16. The topological polar surface area (TPSA) is 97.9 Å². The van der Waals surface area contributed by atoms with Gasteiger partial charge in [-0.05, 0) is 18.2 Å². The van der Waals surface area contributed by atoms with E-state index in [0.717, 1.165) is 5.01 Å². The minimum Gasteiger partial charge on any atom is -0.445 e. The van der Waals surface area contributed by atoms with Crippen LogP contribution in [0, 0.1) is 10.1 Å². The molecule has 8 nitrogen and oxygen atoms in total. The highest BCUT2D eigenvalue weighted by Crippen LogP contribution is 2.34. The second-order valence-electron chi connectivity index (χ2n) is 4.80. The number of carbonyl (C=O) groups is 1. The van der Waals surface area contributed by atoms with E-state index in [0.29, 0.717) is 5.56 Å². The highest BCUT2D eigenvalue weighted by Gasteiger charge is 2.37. The quantitative estimate of drug-likeness (QED) is 0.639. The van der Waals surface area contributed by atoms with E-state index in [1.54, 1.807) is 42.7 Å². The number of rotatable bonds is 3. The number of nitro benzene ring substituents is 1. The van der Waals surface area contributed by atoms with Crippen LogP contribution in [-0.4, -0.2) is 26.7 Å². The SMILES string of the molecule is CC(=O)N1N=C(c2cccnc2)OC1c1ccccc1[N+](=O)[O-]. The molecule has 0 fully saturated rings. The summed E-state index contributed by atoms with van der Waals surface area (Å²) in [5.74, 6) is -0.191. The van der Waals surface area contributed by atoms with E-state index in [2.05, 4.69) is 10.1 Å². The van der Waals surface area contributed by atoms with Crippen molar-refractivity contribution in [3.8, 4) is 0 Å². The lowest BCUT2D eigenvalue weighted by molar-refractivity contribution is -0.386. The van der Waals surface area contributed by atoms with Crippen molar-refractivity contribution in [2.24, 2.45) is 5.10 Å². The van der Waals surface area contributed by atoms with Gasteiger partial charge in [-0.25, -0.2) is 0 Å². The third-order valence-electron chi connectivity index (χ3n) is 3.27. The lowest BCUT2D eigenvalue weighted by atomic mass is 10.1. The van der Waals surface area contributed by atoms with Crippen LogP contribution in [0.15, 0.2) is 53.9 Å². The number of pyridine rings is 1. The number of carbonyl (C=O) groups excluding carboxylic acids is 1. The third-order valence-corrected chi connectivity index (χ3v) is 3.27. The highest BCUT2D eigenvalue weighted by atomic mass is 16.6. The molecule has 1 amide bonds. The Bertz CT molecular complexity index is 791. The van der Waals surface area contributed by atoms with Crippen LogP contribution in [0.25, 0.3) is 0 Å². The van der Waals surface area contributed by atoms with Gasteiger partial charge in [-0.15, -0.1) is 5.10 Å². The first-order chi connectivity index (χ1) is 11.1. The standard InChI is InChI=1S/C15H12N4O4/c1-10(20)18-15(12-6-2-3-7-13(12)19(21)22)23-14(17-18)11-5-4-8-16-9-11/h2-9,15H,1H3. The smallest absolute Gasteiger partial charge is 0.278 e. The molecule has 0 saturated carbocycles. The molecule has 8 heteroatoms. The fourth-order valence-electron chi connectivity index (χ4n) is 2.24. The molecule has 116 valence electrons. The Morgan fingerprint density at radius 1 is 1.30 bits per heavy atom. The zero-order valence-corrected chi connectivity index (χ0v) is 12.1. The number of amides is 1. The lowest BCUT2D eigenvalue weighted by Gasteiger charge is -2.19. The van der Waals surface area contributed by atoms with Gasteiger partial charge in [-0.2, -0.15) is 5.01 Å². The van der Waals surface area contributed by atoms with Crippen LogP contribution in [-0.2, 0) is 9.53 Å². The Hall–Kier alpha value is -3.29. The normalized spacial score (nSPS) is 16.7. The fourth-order valence-corrected chi connectivity index (χ4v) is 2.24. The Kier molecular flexibility index (Phi) is 3.71. The van der Waals surface area contributed by atoms with Gasteiger partial charge in [0.25, 0.3) is 5.69 Å². The first-order valence-electron chi connectivity index (χ1n) is 6.76. The van der Waals surface area contributed by atoms with Gasteiger partial charge < -0.3 is 4.74 Å². The molecule has 23 heavy (non-hydrogen) atoms. The van der Waals surface area contributed by atoms with E-state index in [-0.39, 0.29) is 23.1 Å². The van der Waals surface area contributed by atoms with E-state index in [4.69, 9.17) is 4.74 Å². The molecule has 0 bridgehead atoms. The molecular formula is C15H12N4O4. The van der Waals surface area contributed by atoms with Crippen LogP contribution >= 0.6 is 0 Å². The zero-order valence-electron chi connectivity index (χ0n) is 12.1. The summed E-state index contributed by atoms with van der Waals surface area (Å²) < 4.78 is 5.71. The Balaban J connectivity index is 2.01. The van der Waals surface area contributed by atoms with Gasteiger partial charge in [0.15, 0.2) is 0 Å². The number of aromatic nitrogens is 1. The predicted octanol–water partition coefficient (Wildman–Crippen LogP) is 2.23. The van der Waals surface area contributed by atoms with Gasteiger partial charge in [-0.1, -0.05) is 12.1 Å². The molecule has 2 aromatic rings. The number of benzene rings is 1. The van der Waals surface area contributed by atoms with Gasteiger partial charge in [-0.3, -0.25) is 19.9 Å². The molecule has 0 saturated heterocycles. The molecule has 1 aliphatic rings. The number of para-hydroxylation sites is 1.